The molecule has 1 aliphatic heterocycles. The molecule has 2 amide bonds. The molecular formula is C17H24ClN3O3. The van der Waals surface area contributed by atoms with Crippen molar-refractivity contribution < 1.29 is 14.3 Å². The van der Waals surface area contributed by atoms with E-state index in [9.17, 15) is 9.59 Å². The van der Waals surface area contributed by atoms with E-state index in [1.165, 1.54) is 6.92 Å². The van der Waals surface area contributed by atoms with Crippen molar-refractivity contribution in [1.82, 2.24) is 9.80 Å². The Balaban J connectivity index is 2.05. The second-order valence-corrected chi connectivity index (χ2v) is 6.36. The number of nitrogens with zero attached hydrogens (tertiary/aromatic N) is 3. The number of hydrogen-bond acceptors (Lipinski definition) is 4. The van der Waals surface area contributed by atoms with Gasteiger partial charge in [-0.05, 0) is 25.2 Å². The second kappa shape index (κ2) is 8.35. The summed E-state index contributed by atoms with van der Waals surface area (Å²) in [5.74, 6) is 0.471. The summed E-state index contributed by atoms with van der Waals surface area (Å²) in [6, 6.07) is 5.11. The Bertz CT molecular complexity index is 601. The maximum Gasteiger partial charge on any atom is 0.224 e. The monoisotopic (exact) mass is 353 g/mol. The third-order valence-corrected chi connectivity index (χ3v) is 4.45. The van der Waals surface area contributed by atoms with Crippen LogP contribution in [-0.4, -0.2) is 68.5 Å². The van der Waals surface area contributed by atoms with Crippen molar-refractivity contribution in [2.45, 2.75) is 13.3 Å². The molecule has 0 aromatic heterocycles. The van der Waals surface area contributed by atoms with Crippen LogP contribution >= 0.6 is 11.6 Å². The number of amides is 2. The first-order valence-electron chi connectivity index (χ1n) is 8.00. The quantitative estimate of drug-likeness (QED) is 0.811. The SMILES string of the molecule is COc1ccc(Cl)cc1N(CCC(=O)N1CCN(C)CC1)C(C)=O. The minimum atomic E-state index is -0.151. The summed E-state index contributed by atoms with van der Waals surface area (Å²) in [5, 5.41) is 0.516. The zero-order chi connectivity index (χ0) is 17.7. The van der Waals surface area contributed by atoms with Gasteiger partial charge in [-0.25, -0.2) is 0 Å². The molecular weight excluding hydrogens is 330 g/mol. The molecule has 132 valence electrons. The molecule has 1 saturated heterocycles. The molecule has 0 bridgehead atoms. The molecule has 1 fully saturated rings. The van der Waals surface area contributed by atoms with Crippen molar-refractivity contribution in [3.63, 3.8) is 0 Å². The van der Waals surface area contributed by atoms with Gasteiger partial charge in [-0.15, -0.1) is 0 Å². The molecule has 6 nitrogen and oxygen atoms in total. The molecule has 0 saturated carbocycles. The van der Waals surface area contributed by atoms with Crippen molar-refractivity contribution in [2.24, 2.45) is 0 Å². The number of carbonyl (C=O) groups is 2. The largest absolute Gasteiger partial charge is 0.495 e. The Morgan fingerprint density at radius 1 is 1.25 bits per heavy atom. The lowest BCUT2D eigenvalue weighted by atomic mass is 10.2. The van der Waals surface area contributed by atoms with Crippen LogP contribution in [0.5, 0.6) is 5.75 Å². The van der Waals surface area contributed by atoms with E-state index in [4.69, 9.17) is 16.3 Å². The molecule has 2 rings (SSSR count). The van der Waals surface area contributed by atoms with Crippen molar-refractivity contribution in [2.75, 3.05) is 51.8 Å². The van der Waals surface area contributed by atoms with Gasteiger partial charge in [-0.3, -0.25) is 9.59 Å². The minimum Gasteiger partial charge on any atom is -0.495 e. The zero-order valence-corrected chi connectivity index (χ0v) is 15.2. The summed E-state index contributed by atoms with van der Waals surface area (Å²) in [7, 11) is 3.59. The average Bonchev–Trinajstić information content (AvgIpc) is 2.55. The first-order valence-corrected chi connectivity index (χ1v) is 8.38. The highest BCUT2D eigenvalue weighted by molar-refractivity contribution is 6.31. The van der Waals surface area contributed by atoms with Crippen LogP contribution in [0, 0.1) is 0 Å². The van der Waals surface area contributed by atoms with Crippen LogP contribution in [0.3, 0.4) is 0 Å². The lowest BCUT2D eigenvalue weighted by Crippen LogP contribution is -2.47. The smallest absolute Gasteiger partial charge is 0.224 e. The molecule has 1 heterocycles. The standard InChI is InChI=1S/C17H24ClN3O3/c1-13(22)21(15-12-14(18)4-5-16(15)24-3)7-6-17(23)20-10-8-19(2)9-11-20/h4-5,12H,6-11H2,1-3H3. The number of benzene rings is 1. The van der Waals surface area contributed by atoms with Gasteiger partial charge in [0.15, 0.2) is 0 Å². The number of piperazine rings is 1. The van der Waals surface area contributed by atoms with Crippen LogP contribution < -0.4 is 9.64 Å². The topological polar surface area (TPSA) is 53.1 Å². The molecule has 0 radical (unpaired) electrons. The third-order valence-electron chi connectivity index (χ3n) is 4.22. The van der Waals surface area contributed by atoms with E-state index in [1.54, 1.807) is 30.2 Å². The van der Waals surface area contributed by atoms with Crippen LogP contribution in [0.4, 0.5) is 5.69 Å². The van der Waals surface area contributed by atoms with Gasteiger partial charge in [0.1, 0.15) is 5.75 Å². The molecule has 24 heavy (non-hydrogen) atoms. The summed E-state index contributed by atoms with van der Waals surface area (Å²) < 4.78 is 5.31. The summed E-state index contributed by atoms with van der Waals surface area (Å²) in [6.07, 6.45) is 0.277. The Labute approximate surface area is 147 Å². The Kier molecular flexibility index (Phi) is 6.45. The van der Waals surface area contributed by atoms with E-state index in [0.717, 1.165) is 26.2 Å². The minimum absolute atomic E-state index is 0.0651. The zero-order valence-electron chi connectivity index (χ0n) is 14.4. The van der Waals surface area contributed by atoms with Gasteiger partial charge in [0, 0.05) is 51.1 Å². The molecule has 0 spiro atoms. The van der Waals surface area contributed by atoms with Crippen LogP contribution in [0.25, 0.3) is 0 Å². The summed E-state index contributed by atoms with van der Waals surface area (Å²) in [6.45, 7) is 5.00. The normalized spacial score (nSPS) is 15.2. The van der Waals surface area contributed by atoms with Gasteiger partial charge < -0.3 is 19.4 Å². The number of halogens is 1. The first-order chi connectivity index (χ1) is 11.4. The highest BCUT2D eigenvalue weighted by Crippen LogP contribution is 2.31. The number of ether oxygens (including phenoxy) is 1. The van der Waals surface area contributed by atoms with Crippen molar-refractivity contribution in [3.05, 3.63) is 23.2 Å². The molecule has 1 aromatic rings. The van der Waals surface area contributed by atoms with E-state index < -0.39 is 0 Å². The molecule has 0 unspecified atom stereocenters. The Hall–Kier alpha value is -1.79. The van der Waals surface area contributed by atoms with E-state index >= 15 is 0 Å². The highest BCUT2D eigenvalue weighted by atomic mass is 35.5. The Morgan fingerprint density at radius 3 is 2.50 bits per heavy atom. The summed E-state index contributed by atoms with van der Waals surface area (Å²) in [5.41, 5.74) is 0.587. The van der Waals surface area contributed by atoms with E-state index in [-0.39, 0.29) is 18.2 Å². The molecule has 7 heteroatoms. The number of rotatable bonds is 5. The van der Waals surface area contributed by atoms with Crippen LogP contribution in [0.15, 0.2) is 18.2 Å². The van der Waals surface area contributed by atoms with Crippen molar-refractivity contribution in [1.29, 1.82) is 0 Å². The lowest BCUT2D eigenvalue weighted by Gasteiger charge is -2.33. The van der Waals surface area contributed by atoms with Gasteiger partial charge in [-0.1, -0.05) is 11.6 Å². The number of hydrogen-bond donors (Lipinski definition) is 0. The maximum atomic E-state index is 12.4. The van der Waals surface area contributed by atoms with Crippen LogP contribution in [-0.2, 0) is 9.59 Å². The summed E-state index contributed by atoms with van der Waals surface area (Å²) in [4.78, 5) is 30.0. The van der Waals surface area contributed by atoms with Crippen LogP contribution in [0.2, 0.25) is 5.02 Å². The second-order valence-electron chi connectivity index (χ2n) is 5.92. The average molecular weight is 354 g/mol. The van der Waals surface area contributed by atoms with E-state index in [1.807, 2.05) is 11.9 Å². The molecule has 1 aliphatic rings. The van der Waals surface area contributed by atoms with E-state index in [0.29, 0.717) is 23.0 Å². The molecule has 0 atom stereocenters. The van der Waals surface area contributed by atoms with E-state index in [2.05, 4.69) is 4.90 Å². The van der Waals surface area contributed by atoms with Crippen molar-refractivity contribution in [3.8, 4) is 5.75 Å². The third kappa shape index (κ3) is 4.61. The fraction of sp³-hybridized carbons (Fsp3) is 0.529. The predicted molar refractivity (Wildman–Crippen MR) is 94.7 cm³/mol. The molecule has 1 aromatic carbocycles. The Morgan fingerprint density at radius 2 is 1.92 bits per heavy atom. The predicted octanol–water partition coefficient (Wildman–Crippen LogP) is 1.87. The van der Waals surface area contributed by atoms with Gasteiger partial charge >= 0.3 is 0 Å². The maximum absolute atomic E-state index is 12.4. The fourth-order valence-electron chi connectivity index (χ4n) is 2.74. The van der Waals surface area contributed by atoms with Gasteiger partial charge in [0.05, 0.1) is 12.8 Å². The van der Waals surface area contributed by atoms with Gasteiger partial charge in [0.25, 0.3) is 0 Å². The number of methoxy groups -OCH3 is 1. The van der Waals surface area contributed by atoms with Crippen molar-refractivity contribution >= 4 is 29.1 Å². The number of carbonyl (C=O) groups excluding carboxylic acids is 2. The first kappa shape index (κ1) is 18.5. The van der Waals surface area contributed by atoms with Crippen LogP contribution in [0.1, 0.15) is 13.3 Å². The highest BCUT2D eigenvalue weighted by Gasteiger charge is 2.22. The molecule has 0 aliphatic carbocycles. The van der Waals surface area contributed by atoms with Gasteiger partial charge in [0.2, 0.25) is 11.8 Å². The fourth-order valence-corrected chi connectivity index (χ4v) is 2.91. The molecule has 0 N–H and O–H groups in total. The lowest BCUT2D eigenvalue weighted by molar-refractivity contribution is -0.132. The number of likely N-dealkylation sites (N-methyl/N-ethyl adjacent to an activating group) is 1. The summed E-state index contributed by atoms with van der Waals surface area (Å²) >= 11 is 6.05. The van der Waals surface area contributed by atoms with Gasteiger partial charge in [-0.2, -0.15) is 0 Å². The number of anilines is 1.